The van der Waals surface area contributed by atoms with E-state index in [4.69, 9.17) is 0 Å². The van der Waals surface area contributed by atoms with Crippen LogP contribution in [0.15, 0.2) is 23.2 Å². The maximum atomic E-state index is 12.4. The maximum Gasteiger partial charge on any atom is 0.253 e. The van der Waals surface area contributed by atoms with Crippen LogP contribution in [0.5, 0.6) is 0 Å². The Morgan fingerprint density at radius 1 is 1.23 bits per heavy atom. The normalized spacial score (nSPS) is 17.7. The summed E-state index contributed by atoms with van der Waals surface area (Å²) in [5.74, 6) is -1.44. The van der Waals surface area contributed by atoms with E-state index in [-0.39, 0.29) is 12.1 Å². The van der Waals surface area contributed by atoms with E-state index in [1.807, 2.05) is 0 Å². The second kappa shape index (κ2) is 2.09. The number of aromatic nitrogens is 1. The van der Waals surface area contributed by atoms with Gasteiger partial charge in [0.1, 0.15) is 0 Å². The second-order valence-corrected chi connectivity index (χ2v) is 6.56. The van der Waals surface area contributed by atoms with Gasteiger partial charge in [0.05, 0.1) is 4.90 Å². The zero-order chi connectivity index (χ0) is 10.4. The van der Waals surface area contributed by atoms with Crippen LogP contribution in [0.3, 0.4) is 0 Å². The lowest BCUT2D eigenvalue weighted by molar-refractivity contribution is 0.475. The number of hydrogen-bond donors (Lipinski definition) is 0. The minimum Gasteiger partial charge on any atom is -0.228 e. The molecule has 0 saturated heterocycles. The Hall–Kier alpha value is -0.560. The fourth-order valence-corrected chi connectivity index (χ4v) is 1.55. The first kappa shape index (κ1) is 10.5. The van der Waals surface area contributed by atoms with Crippen molar-refractivity contribution in [3.8, 4) is 0 Å². The van der Waals surface area contributed by atoms with Crippen molar-refractivity contribution in [1.82, 2.24) is 4.98 Å². The molecule has 0 spiro atoms. The molecule has 0 amide bonds. The summed E-state index contributed by atoms with van der Waals surface area (Å²) < 4.78 is 61.7. The third kappa shape index (κ3) is 2.70. The highest BCUT2D eigenvalue weighted by atomic mass is 35.7. The fraction of sp³-hybridized carbons (Fsp3) is 0. The molecule has 8 heteroatoms. The summed E-state index contributed by atoms with van der Waals surface area (Å²) in [6.45, 7) is 0. The molecule has 0 atom stereocenters. The molecule has 13 heavy (non-hydrogen) atoms. The van der Waals surface area contributed by atoms with E-state index in [0.717, 1.165) is 0 Å². The topological polar surface area (TPSA) is 12.9 Å². The lowest BCUT2D eigenvalue weighted by Gasteiger charge is -2.42. The van der Waals surface area contributed by atoms with Crippen molar-refractivity contribution in [1.29, 1.82) is 0 Å². The van der Waals surface area contributed by atoms with Crippen molar-refractivity contribution in [2.75, 3.05) is 0 Å². The van der Waals surface area contributed by atoms with Gasteiger partial charge in [-0.25, -0.2) is 4.98 Å². The van der Waals surface area contributed by atoms with Gasteiger partial charge in [0.2, 0.25) is 5.95 Å². The molecule has 0 aliphatic heterocycles. The first-order chi connectivity index (χ1) is 5.49. The minimum atomic E-state index is -8.77. The number of rotatable bonds is 1. The molecule has 0 N–H and O–H groups in total. The first-order valence-electron chi connectivity index (χ1n) is 2.85. The van der Waals surface area contributed by atoms with E-state index >= 15 is 0 Å². The van der Waals surface area contributed by atoms with Crippen molar-refractivity contribution in [3.63, 3.8) is 0 Å². The molecule has 0 aliphatic carbocycles. The lowest BCUT2D eigenvalue weighted by atomic mass is 10.5. The van der Waals surface area contributed by atoms with E-state index in [1.165, 1.54) is 0 Å². The molecule has 0 aliphatic rings. The van der Waals surface area contributed by atoms with Gasteiger partial charge in [0.25, 0.3) is 9.05 Å². The van der Waals surface area contributed by atoms with Gasteiger partial charge in [-0.3, -0.25) is 0 Å². The van der Waals surface area contributed by atoms with E-state index in [0.29, 0.717) is 6.20 Å². The summed E-state index contributed by atoms with van der Waals surface area (Å²) in [5.41, 5.74) is 0. The monoisotopic (exact) mass is 239 g/mol. The maximum absolute atomic E-state index is 12.4. The van der Waals surface area contributed by atoms with Crippen LogP contribution >= 0.6 is 19.7 Å². The smallest absolute Gasteiger partial charge is 0.228 e. The van der Waals surface area contributed by atoms with Crippen LogP contribution in [0, 0.1) is 5.95 Å². The zero-order valence-electron chi connectivity index (χ0n) is 5.86. The Morgan fingerprint density at radius 3 is 2.08 bits per heavy atom. The molecular formula is C5H3ClF5NS. The van der Waals surface area contributed by atoms with E-state index in [1.54, 1.807) is 0 Å². The molecule has 0 fully saturated rings. The third-order valence-electron chi connectivity index (χ3n) is 1.14. The highest BCUT2D eigenvalue weighted by molar-refractivity contribution is 8.65. The van der Waals surface area contributed by atoms with Crippen molar-refractivity contribution in [3.05, 3.63) is 24.3 Å². The second-order valence-electron chi connectivity index (χ2n) is 2.28. The van der Waals surface area contributed by atoms with Crippen LogP contribution < -0.4 is 0 Å². The SMILES string of the molecule is Fc1cc(S(F)(F)(F)(F)Cl)ccn1. The van der Waals surface area contributed by atoms with Gasteiger partial charge in [0, 0.05) is 22.9 Å². The summed E-state index contributed by atoms with van der Waals surface area (Å²) in [4.78, 5) is 1.00. The quantitative estimate of drug-likeness (QED) is 0.530. The number of pyridine rings is 1. The van der Waals surface area contributed by atoms with E-state index in [2.05, 4.69) is 15.7 Å². The largest absolute Gasteiger partial charge is 0.253 e. The van der Waals surface area contributed by atoms with Crippen LogP contribution in [0.2, 0.25) is 0 Å². The molecule has 0 unspecified atom stereocenters. The minimum absolute atomic E-state index is 0.0887. The Balaban J connectivity index is 3.41. The van der Waals surface area contributed by atoms with E-state index < -0.39 is 19.9 Å². The summed E-state index contributed by atoms with van der Waals surface area (Å²) in [6, 6.07) is 0.187. The molecule has 0 aromatic carbocycles. The van der Waals surface area contributed by atoms with Crippen molar-refractivity contribution >= 4 is 19.7 Å². The van der Waals surface area contributed by atoms with Crippen LogP contribution in [-0.2, 0) is 0 Å². The summed E-state index contributed by atoms with van der Waals surface area (Å²) in [6.07, 6.45) is 0.491. The third-order valence-corrected chi connectivity index (χ3v) is 2.82. The fourth-order valence-electron chi connectivity index (χ4n) is 0.625. The van der Waals surface area contributed by atoms with Gasteiger partial charge in [-0.05, 0) is 6.07 Å². The van der Waals surface area contributed by atoms with Gasteiger partial charge < -0.3 is 0 Å². The van der Waals surface area contributed by atoms with Gasteiger partial charge in [0.15, 0.2) is 0 Å². The Bertz CT molecular complexity index is 346. The molecule has 1 aromatic rings. The number of hydrogen-bond acceptors (Lipinski definition) is 1. The van der Waals surface area contributed by atoms with E-state index in [9.17, 15) is 19.9 Å². The number of halogens is 6. The molecule has 0 radical (unpaired) electrons. The van der Waals surface area contributed by atoms with Crippen molar-refractivity contribution < 1.29 is 19.9 Å². The van der Waals surface area contributed by atoms with Crippen LogP contribution in [0.25, 0.3) is 0 Å². The van der Waals surface area contributed by atoms with Crippen molar-refractivity contribution in [2.24, 2.45) is 0 Å². The molecule has 76 valence electrons. The van der Waals surface area contributed by atoms with Gasteiger partial charge in [-0.15, -0.1) is 15.5 Å². The van der Waals surface area contributed by atoms with Gasteiger partial charge in [-0.2, -0.15) is 4.39 Å². The Morgan fingerprint density at radius 2 is 1.77 bits per heavy atom. The predicted molar refractivity (Wildman–Crippen MR) is 40.3 cm³/mol. The Kier molecular flexibility index (Phi) is 1.69. The lowest BCUT2D eigenvalue weighted by Crippen LogP contribution is -2.05. The molecular weight excluding hydrogens is 237 g/mol. The van der Waals surface area contributed by atoms with Crippen LogP contribution in [0.4, 0.5) is 19.9 Å². The molecule has 0 saturated carbocycles. The molecule has 1 nitrogen and oxygen atoms in total. The summed E-state index contributed by atoms with van der Waals surface area (Å²) in [5, 5.41) is 0. The van der Waals surface area contributed by atoms with Gasteiger partial charge >= 0.3 is 0 Å². The summed E-state index contributed by atoms with van der Waals surface area (Å²) >= 11 is 0. The Labute approximate surface area is 74.5 Å². The molecule has 1 heterocycles. The standard InChI is InChI=1S/C5H3ClF5NS/c6-13(8,9,10,11)4-1-2-12-5(7)3-4/h1-3H. The zero-order valence-corrected chi connectivity index (χ0v) is 7.43. The molecule has 0 bridgehead atoms. The van der Waals surface area contributed by atoms with Crippen LogP contribution in [-0.4, -0.2) is 4.98 Å². The average Bonchev–Trinajstić information content (AvgIpc) is 1.82. The highest BCUT2D eigenvalue weighted by Gasteiger charge is 2.63. The average molecular weight is 240 g/mol. The predicted octanol–water partition coefficient (Wildman–Crippen LogP) is 4.15. The first-order valence-corrected chi connectivity index (χ1v) is 5.72. The number of nitrogens with zero attached hydrogens (tertiary/aromatic N) is 1. The highest BCUT2D eigenvalue weighted by Crippen LogP contribution is 3.04. The van der Waals surface area contributed by atoms with Crippen molar-refractivity contribution in [2.45, 2.75) is 4.90 Å². The van der Waals surface area contributed by atoms with Crippen LogP contribution in [0.1, 0.15) is 0 Å². The summed E-state index contributed by atoms with van der Waals surface area (Å²) in [7, 11) is -4.87. The van der Waals surface area contributed by atoms with Gasteiger partial charge in [-0.1, -0.05) is 0 Å². The molecule has 1 rings (SSSR count). The molecule has 1 aromatic heterocycles.